The van der Waals surface area contributed by atoms with E-state index in [1.165, 1.54) is 6.92 Å². The molecule has 1 fully saturated rings. The fourth-order valence-electron chi connectivity index (χ4n) is 4.22. The Morgan fingerprint density at radius 2 is 1.48 bits per heavy atom. The average Bonchev–Trinajstić information content (AvgIpc) is 2.96. The summed E-state index contributed by atoms with van der Waals surface area (Å²) in [6.45, 7) is 1.44. The highest BCUT2D eigenvalue weighted by atomic mass is 32.2. The first-order valence-electron chi connectivity index (χ1n) is 12.9. The van der Waals surface area contributed by atoms with Crippen molar-refractivity contribution in [2.75, 3.05) is 16.4 Å². The van der Waals surface area contributed by atoms with E-state index in [2.05, 4.69) is 10.6 Å². The van der Waals surface area contributed by atoms with Crippen LogP contribution < -0.4 is 10.6 Å². The summed E-state index contributed by atoms with van der Waals surface area (Å²) >= 11 is 1.66. The van der Waals surface area contributed by atoms with Crippen LogP contribution in [-0.2, 0) is 30.5 Å². The Kier molecular flexibility index (Phi) is 10.3. The number of carbonyl (C=O) groups excluding carboxylic acids is 2. The van der Waals surface area contributed by atoms with E-state index in [4.69, 9.17) is 14.6 Å². The molecular formula is C30H32N2O7S. The molecule has 4 rings (SSSR count). The number of amides is 2. The molecule has 0 unspecified atom stereocenters. The first-order chi connectivity index (χ1) is 19.3. The third kappa shape index (κ3) is 8.65. The number of aliphatic hydroxyl groups is 1. The van der Waals surface area contributed by atoms with Gasteiger partial charge in [-0.25, -0.2) is 0 Å². The molecule has 1 saturated heterocycles. The third-order valence-electron chi connectivity index (χ3n) is 6.26. The summed E-state index contributed by atoms with van der Waals surface area (Å²) in [7, 11) is 0. The molecule has 210 valence electrons. The number of carboxylic acid groups (broad SMARTS) is 1. The molecule has 1 aliphatic rings. The Hall–Kier alpha value is -3.70. The Morgan fingerprint density at radius 1 is 0.850 bits per heavy atom. The average molecular weight is 565 g/mol. The number of aliphatic hydroxyl groups excluding tert-OH is 1. The minimum atomic E-state index is -1.02. The highest BCUT2D eigenvalue weighted by Crippen LogP contribution is 2.39. The molecular weight excluding hydrogens is 532 g/mol. The van der Waals surface area contributed by atoms with Gasteiger partial charge in [-0.15, -0.1) is 11.8 Å². The van der Waals surface area contributed by atoms with Crippen molar-refractivity contribution < 1.29 is 34.1 Å². The number of hydrogen-bond acceptors (Lipinski definition) is 7. The second-order valence-corrected chi connectivity index (χ2v) is 10.5. The summed E-state index contributed by atoms with van der Waals surface area (Å²) in [5, 5.41) is 23.7. The summed E-state index contributed by atoms with van der Waals surface area (Å²) in [6.07, 6.45) is -0.679. The molecule has 4 N–H and O–H groups in total. The van der Waals surface area contributed by atoms with Gasteiger partial charge in [0.25, 0.3) is 0 Å². The lowest BCUT2D eigenvalue weighted by Gasteiger charge is -2.36. The Balaban J connectivity index is 1.45. The van der Waals surface area contributed by atoms with Crippen LogP contribution in [0.1, 0.15) is 55.3 Å². The molecule has 0 aromatic heterocycles. The quantitative estimate of drug-likeness (QED) is 0.231. The fraction of sp³-hybridized carbons (Fsp3) is 0.300. The molecule has 0 radical (unpaired) electrons. The summed E-state index contributed by atoms with van der Waals surface area (Å²) in [6, 6.07) is 22.4. The third-order valence-corrected chi connectivity index (χ3v) is 7.40. The van der Waals surface area contributed by atoms with Gasteiger partial charge in [0.2, 0.25) is 11.8 Å². The van der Waals surface area contributed by atoms with Crippen LogP contribution in [0.25, 0.3) is 0 Å². The molecule has 3 aromatic rings. The van der Waals surface area contributed by atoms with Crippen LogP contribution in [-0.4, -0.2) is 39.9 Å². The second kappa shape index (κ2) is 14.1. The molecule has 1 aliphatic heterocycles. The Labute approximate surface area is 236 Å². The molecule has 9 nitrogen and oxygen atoms in total. The number of thioether (sulfide) groups is 1. The number of benzene rings is 3. The van der Waals surface area contributed by atoms with E-state index in [0.717, 1.165) is 27.3 Å². The minimum absolute atomic E-state index is 0.0310. The monoisotopic (exact) mass is 564 g/mol. The number of nitrogens with one attached hydrogen (secondary N) is 2. The van der Waals surface area contributed by atoms with Gasteiger partial charge < -0.3 is 30.3 Å². The van der Waals surface area contributed by atoms with Crippen LogP contribution in [0, 0.1) is 0 Å². The normalized spacial score (nSPS) is 18.6. The molecule has 0 saturated carbocycles. The van der Waals surface area contributed by atoms with E-state index < -0.39 is 12.3 Å². The molecule has 0 aliphatic carbocycles. The van der Waals surface area contributed by atoms with Gasteiger partial charge in [0, 0.05) is 47.4 Å². The predicted octanol–water partition coefficient (Wildman–Crippen LogP) is 5.28. The molecule has 0 bridgehead atoms. The van der Waals surface area contributed by atoms with E-state index in [9.17, 15) is 19.5 Å². The van der Waals surface area contributed by atoms with Gasteiger partial charge in [0.05, 0.1) is 25.2 Å². The van der Waals surface area contributed by atoms with Crippen molar-refractivity contribution in [2.24, 2.45) is 0 Å². The van der Waals surface area contributed by atoms with Crippen molar-refractivity contribution in [3.05, 3.63) is 89.5 Å². The van der Waals surface area contributed by atoms with Gasteiger partial charge in [-0.2, -0.15) is 0 Å². The summed E-state index contributed by atoms with van der Waals surface area (Å²) in [5.41, 5.74) is 3.90. The number of ether oxygens (including phenoxy) is 2. The molecule has 3 atom stereocenters. The fourth-order valence-corrected chi connectivity index (χ4v) is 5.14. The number of carbonyl (C=O) groups is 3. The van der Waals surface area contributed by atoms with Gasteiger partial charge >= 0.3 is 5.97 Å². The topological polar surface area (TPSA) is 134 Å². The lowest BCUT2D eigenvalue weighted by molar-refractivity contribution is -0.245. The van der Waals surface area contributed by atoms with E-state index in [1.807, 2.05) is 60.7 Å². The molecule has 1 heterocycles. The first kappa shape index (κ1) is 29.3. The Bertz CT molecular complexity index is 1300. The number of rotatable bonds is 11. The van der Waals surface area contributed by atoms with E-state index >= 15 is 0 Å². The van der Waals surface area contributed by atoms with E-state index in [-0.39, 0.29) is 43.5 Å². The molecule has 0 spiro atoms. The lowest BCUT2D eigenvalue weighted by Crippen LogP contribution is -2.31. The predicted molar refractivity (Wildman–Crippen MR) is 152 cm³/mol. The van der Waals surface area contributed by atoms with Crippen LogP contribution in [0.2, 0.25) is 0 Å². The number of aliphatic carboxylic acids is 1. The largest absolute Gasteiger partial charge is 0.481 e. The zero-order valence-corrected chi connectivity index (χ0v) is 22.9. The van der Waals surface area contributed by atoms with Crippen LogP contribution >= 0.6 is 11.8 Å². The SMILES string of the molecule is CC(=O)Nc1ccc(SC[C@H]2C[C@@H](c3ccc(CO)cc3)O[C@@H](c3ccc(NC(=O)CCC(=O)O)cc3)O2)cc1. The van der Waals surface area contributed by atoms with Gasteiger partial charge in [-0.05, 0) is 47.5 Å². The smallest absolute Gasteiger partial charge is 0.303 e. The van der Waals surface area contributed by atoms with Gasteiger partial charge in [-0.3, -0.25) is 14.4 Å². The standard InChI is InChI=1S/C30H32N2O7S/c1-19(34)31-23-10-12-26(13-11-23)40-18-25-16-27(21-4-2-20(17-33)3-5-21)39-30(38-25)22-6-8-24(9-7-22)32-28(35)14-15-29(36)37/h2-13,25,27,30,33H,14-18H2,1H3,(H,31,34)(H,32,35)(H,36,37)/t25-,27+,30+/m1/s1. The van der Waals surface area contributed by atoms with Crippen LogP contribution in [0.4, 0.5) is 11.4 Å². The maximum atomic E-state index is 12.0. The van der Waals surface area contributed by atoms with Crippen molar-refractivity contribution in [3.63, 3.8) is 0 Å². The highest BCUT2D eigenvalue weighted by molar-refractivity contribution is 7.99. The first-order valence-corrected chi connectivity index (χ1v) is 13.9. The van der Waals surface area contributed by atoms with Crippen molar-refractivity contribution in [1.82, 2.24) is 0 Å². The molecule has 40 heavy (non-hydrogen) atoms. The molecule has 3 aromatic carbocycles. The summed E-state index contributed by atoms with van der Waals surface area (Å²) in [4.78, 5) is 35.0. The molecule has 2 amide bonds. The zero-order valence-electron chi connectivity index (χ0n) is 22.0. The van der Waals surface area contributed by atoms with Crippen molar-refractivity contribution in [3.8, 4) is 0 Å². The highest BCUT2D eigenvalue weighted by Gasteiger charge is 2.32. The van der Waals surface area contributed by atoms with E-state index in [1.54, 1.807) is 23.9 Å². The Morgan fingerprint density at radius 3 is 2.10 bits per heavy atom. The van der Waals surface area contributed by atoms with Crippen LogP contribution in [0.5, 0.6) is 0 Å². The maximum Gasteiger partial charge on any atom is 0.303 e. The van der Waals surface area contributed by atoms with Crippen LogP contribution in [0.3, 0.4) is 0 Å². The van der Waals surface area contributed by atoms with Crippen molar-refractivity contribution >= 4 is 40.9 Å². The van der Waals surface area contributed by atoms with Gasteiger partial charge in [0.1, 0.15) is 0 Å². The van der Waals surface area contributed by atoms with Crippen molar-refractivity contribution in [2.45, 2.75) is 56.2 Å². The number of hydrogen-bond donors (Lipinski definition) is 4. The summed E-state index contributed by atoms with van der Waals surface area (Å²) in [5.74, 6) is -0.822. The van der Waals surface area contributed by atoms with Crippen LogP contribution in [0.15, 0.2) is 77.7 Å². The van der Waals surface area contributed by atoms with Crippen molar-refractivity contribution in [1.29, 1.82) is 0 Å². The maximum absolute atomic E-state index is 12.0. The van der Waals surface area contributed by atoms with E-state index in [0.29, 0.717) is 17.9 Å². The molecule has 10 heteroatoms. The number of anilines is 2. The van der Waals surface area contributed by atoms with Gasteiger partial charge in [0.15, 0.2) is 6.29 Å². The van der Waals surface area contributed by atoms with Gasteiger partial charge in [-0.1, -0.05) is 36.4 Å². The lowest BCUT2D eigenvalue weighted by atomic mass is 10.0. The second-order valence-electron chi connectivity index (χ2n) is 9.43. The minimum Gasteiger partial charge on any atom is -0.481 e. The zero-order chi connectivity index (χ0) is 28.5. The summed E-state index contributed by atoms with van der Waals surface area (Å²) < 4.78 is 12.7. The number of carboxylic acids is 1.